The van der Waals surface area contributed by atoms with E-state index in [2.05, 4.69) is 0 Å². The first-order valence-electron chi connectivity index (χ1n) is 8.19. The highest BCUT2D eigenvalue weighted by molar-refractivity contribution is 7.89. The molecule has 7 heteroatoms. The van der Waals surface area contributed by atoms with Crippen LogP contribution in [-0.4, -0.2) is 41.7 Å². The zero-order valence-corrected chi connectivity index (χ0v) is 14.3. The van der Waals surface area contributed by atoms with Gasteiger partial charge in [0.2, 0.25) is 10.0 Å². The van der Waals surface area contributed by atoms with Crippen molar-refractivity contribution in [3.63, 3.8) is 0 Å². The molecule has 0 spiro atoms. The maximum atomic E-state index is 13.1. The second-order valence-corrected chi connectivity index (χ2v) is 8.46. The van der Waals surface area contributed by atoms with Crippen LogP contribution < -0.4 is 0 Å². The van der Waals surface area contributed by atoms with Crippen LogP contribution in [0.2, 0.25) is 0 Å². The topological polar surface area (TPSA) is 91.8 Å². The van der Waals surface area contributed by atoms with Gasteiger partial charge in [0.1, 0.15) is 6.04 Å². The van der Waals surface area contributed by atoms with Gasteiger partial charge in [0, 0.05) is 11.6 Å². The number of carbonyl (C=O) groups is 2. The predicted molar refractivity (Wildman–Crippen MR) is 87.3 cm³/mol. The highest BCUT2D eigenvalue weighted by Crippen LogP contribution is 2.42. The van der Waals surface area contributed by atoms with Gasteiger partial charge in [0.25, 0.3) is 0 Å². The molecular formula is C17H21NO5S. The van der Waals surface area contributed by atoms with Crippen LogP contribution in [-0.2, 0) is 14.8 Å². The lowest BCUT2D eigenvalue weighted by Gasteiger charge is -2.32. The number of ketones is 1. The SMILES string of the molecule is CC(=O)c1ccc(S(=O)(=O)N2[C@@H](C(=O)O)C[C@H]3CCCC[C@H]32)cc1. The van der Waals surface area contributed by atoms with Crippen molar-refractivity contribution in [2.24, 2.45) is 5.92 Å². The van der Waals surface area contributed by atoms with Crippen molar-refractivity contribution in [2.45, 2.75) is 56.0 Å². The highest BCUT2D eigenvalue weighted by atomic mass is 32.2. The van der Waals surface area contributed by atoms with E-state index in [4.69, 9.17) is 0 Å². The smallest absolute Gasteiger partial charge is 0.322 e. The second-order valence-electron chi connectivity index (χ2n) is 6.62. The quantitative estimate of drug-likeness (QED) is 0.840. The molecule has 1 N–H and O–H groups in total. The average molecular weight is 351 g/mol. The maximum absolute atomic E-state index is 13.1. The van der Waals surface area contributed by atoms with E-state index in [-0.39, 0.29) is 22.6 Å². The minimum atomic E-state index is -3.90. The largest absolute Gasteiger partial charge is 0.480 e. The summed E-state index contributed by atoms with van der Waals surface area (Å²) in [5.41, 5.74) is 0.431. The molecule has 1 aromatic rings. The summed E-state index contributed by atoms with van der Waals surface area (Å²) in [5, 5.41) is 9.51. The number of sulfonamides is 1. The Balaban J connectivity index is 1.99. The zero-order valence-electron chi connectivity index (χ0n) is 13.5. The summed E-state index contributed by atoms with van der Waals surface area (Å²) in [4.78, 5) is 23.0. The predicted octanol–water partition coefficient (Wildman–Crippen LogP) is 2.30. The van der Waals surface area contributed by atoms with Crippen molar-refractivity contribution in [1.82, 2.24) is 4.31 Å². The Labute approximate surface area is 141 Å². The van der Waals surface area contributed by atoms with Gasteiger partial charge < -0.3 is 5.11 Å². The standard InChI is InChI=1S/C17H21NO5S/c1-11(19)12-6-8-14(9-7-12)24(22,23)18-15-5-3-2-4-13(15)10-16(18)17(20)21/h6-9,13,15-16H,2-5,10H2,1H3,(H,20,21)/t13-,15-,16-/m1/s1. The molecule has 3 atom stereocenters. The molecule has 1 heterocycles. The number of carbonyl (C=O) groups excluding carboxylic acids is 1. The van der Waals surface area contributed by atoms with Crippen molar-refractivity contribution in [1.29, 1.82) is 0 Å². The third-order valence-corrected chi connectivity index (χ3v) is 7.10. The zero-order chi connectivity index (χ0) is 17.5. The minimum absolute atomic E-state index is 0.0463. The number of hydrogen-bond donors (Lipinski definition) is 1. The second kappa shape index (κ2) is 6.29. The molecule has 1 aromatic carbocycles. The van der Waals surface area contributed by atoms with Crippen molar-refractivity contribution < 1.29 is 23.1 Å². The van der Waals surface area contributed by atoms with Crippen molar-refractivity contribution in [2.75, 3.05) is 0 Å². The Morgan fingerprint density at radius 2 is 1.75 bits per heavy atom. The lowest BCUT2D eigenvalue weighted by molar-refractivity contribution is -0.141. The molecule has 1 aliphatic heterocycles. The number of nitrogens with zero attached hydrogens (tertiary/aromatic N) is 1. The molecule has 24 heavy (non-hydrogen) atoms. The van der Waals surface area contributed by atoms with Crippen molar-refractivity contribution in [3.05, 3.63) is 29.8 Å². The Bertz CT molecular complexity index is 756. The molecule has 2 fully saturated rings. The number of hydrogen-bond acceptors (Lipinski definition) is 4. The number of aliphatic carboxylic acids is 1. The average Bonchev–Trinajstić information content (AvgIpc) is 2.95. The molecule has 1 saturated carbocycles. The van der Waals surface area contributed by atoms with E-state index in [1.54, 1.807) is 0 Å². The first-order chi connectivity index (χ1) is 11.3. The van der Waals surface area contributed by atoms with Crippen LogP contribution >= 0.6 is 0 Å². The van der Waals surface area contributed by atoms with Gasteiger partial charge in [-0.3, -0.25) is 9.59 Å². The van der Waals surface area contributed by atoms with E-state index in [1.165, 1.54) is 35.5 Å². The molecular weight excluding hydrogens is 330 g/mol. The molecule has 2 aliphatic rings. The lowest BCUT2D eigenvalue weighted by Crippen LogP contribution is -2.46. The molecule has 3 rings (SSSR count). The van der Waals surface area contributed by atoms with E-state index in [1.807, 2.05) is 0 Å². The molecule has 0 bridgehead atoms. The van der Waals surface area contributed by atoms with Gasteiger partial charge in [0.15, 0.2) is 5.78 Å². The number of benzene rings is 1. The first kappa shape index (κ1) is 17.1. The van der Waals surface area contributed by atoms with Crippen molar-refractivity contribution >= 4 is 21.8 Å². The summed E-state index contributed by atoms with van der Waals surface area (Å²) < 4.78 is 27.3. The molecule has 0 radical (unpaired) electrons. The van der Waals surface area contributed by atoms with Crippen LogP contribution in [0.15, 0.2) is 29.2 Å². The Kier molecular flexibility index (Phi) is 4.48. The maximum Gasteiger partial charge on any atom is 0.322 e. The van der Waals surface area contributed by atoms with Crippen LogP contribution in [0.1, 0.15) is 49.4 Å². The number of fused-ring (bicyclic) bond motifs is 1. The third-order valence-electron chi connectivity index (χ3n) is 5.15. The number of rotatable bonds is 4. The van der Waals surface area contributed by atoms with Gasteiger partial charge in [-0.25, -0.2) is 8.42 Å². The Hall–Kier alpha value is -1.73. The molecule has 1 saturated heterocycles. The molecule has 0 unspecified atom stereocenters. The summed E-state index contributed by atoms with van der Waals surface area (Å²) in [6.45, 7) is 1.41. The van der Waals surface area contributed by atoms with E-state index in [0.717, 1.165) is 19.3 Å². The van der Waals surface area contributed by atoms with Crippen LogP contribution in [0.3, 0.4) is 0 Å². The Morgan fingerprint density at radius 3 is 2.33 bits per heavy atom. The van der Waals surface area contributed by atoms with E-state index in [0.29, 0.717) is 18.4 Å². The molecule has 1 aliphatic carbocycles. The number of carboxylic acids is 1. The number of Topliss-reactive ketones (excluding diaryl/α,β-unsaturated/α-hetero) is 1. The summed E-state index contributed by atoms with van der Waals surface area (Å²) in [6, 6.07) is 4.48. The fraction of sp³-hybridized carbons (Fsp3) is 0.529. The van der Waals surface area contributed by atoms with Gasteiger partial charge in [-0.2, -0.15) is 4.31 Å². The van der Waals surface area contributed by atoms with Crippen LogP contribution in [0, 0.1) is 5.92 Å². The van der Waals surface area contributed by atoms with Gasteiger partial charge >= 0.3 is 5.97 Å². The van der Waals surface area contributed by atoms with Crippen LogP contribution in [0.4, 0.5) is 0 Å². The summed E-state index contributed by atoms with van der Waals surface area (Å²) in [7, 11) is -3.90. The van der Waals surface area contributed by atoms with Gasteiger partial charge in [0.05, 0.1) is 4.90 Å². The molecule has 130 valence electrons. The van der Waals surface area contributed by atoms with Crippen molar-refractivity contribution in [3.8, 4) is 0 Å². The molecule has 0 aromatic heterocycles. The fourth-order valence-electron chi connectivity index (χ4n) is 3.96. The fourth-order valence-corrected chi connectivity index (χ4v) is 5.83. The van der Waals surface area contributed by atoms with Gasteiger partial charge in [-0.1, -0.05) is 25.0 Å². The molecule has 6 nitrogen and oxygen atoms in total. The third kappa shape index (κ3) is 2.86. The summed E-state index contributed by atoms with van der Waals surface area (Å²) >= 11 is 0. The van der Waals surface area contributed by atoms with Crippen LogP contribution in [0.5, 0.6) is 0 Å². The summed E-state index contributed by atoms with van der Waals surface area (Å²) in [5.74, 6) is -1.12. The lowest BCUT2D eigenvalue weighted by atomic mass is 9.85. The highest BCUT2D eigenvalue weighted by Gasteiger charge is 2.51. The summed E-state index contributed by atoms with van der Waals surface area (Å²) in [6.07, 6.45) is 3.91. The normalized spacial score (nSPS) is 27.6. The van der Waals surface area contributed by atoms with E-state index in [9.17, 15) is 23.1 Å². The minimum Gasteiger partial charge on any atom is -0.480 e. The van der Waals surface area contributed by atoms with Crippen LogP contribution in [0.25, 0.3) is 0 Å². The number of carboxylic acid groups (broad SMARTS) is 1. The molecule has 0 amide bonds. The van der Waals surface area contributed by atoms with E-state index >= 15 is 0 Å². The van der Waals surface area contributed by atoms with Gasteiger partial charge in [-0.15, -0.1) is 0 Å². The Morgan fingerprint density at radius 1 is 1.12 bits per heavy atom. The van der Waals surface area contributed by atoms with E-state index < -0.39 is 22.0 Å². The van der Waals surface area contributed by atoms with Gasteiger partial charge in [-0.05, 0) is 44.2 Å². The monoisotopic (exact) mass is 351 g/mol. The first-order valence-corrected chi connectivity index (χ1v) is 9.63.